The van der Waals surface area contributed by atoms with E-state index in [1.54, 1.807) is 18.5 Å². The fourth-order valence-corrected chi connectivity index (χ4v) is 3.36. The minimum Gasteiger partial charge on any atom is -0.364 e. The molecule has 0 radical (unpaired) electrons. The third-order valence-corrected chi connectivity index (χ3v) is 4.73. The van der Waals surface area contributed by atoms with Crippen molar-refractivity contribution in [3.05, 3.63) is 39.8 Å². The Labute approximate surface area is 135 Å². The molecule has 112 valence electrons. The summed E-state index contributed by atoms with van der Waals surface area (Å²) in [5, 5.41) is 8.44. The summed E-state index contributed by atoms with van der Waals surface area (Å²) in [7, 11) is 0. The van der Waals surface area contributed by atoms with Crippen molar-refractivity contribution in [2.24, 2.45) is 0 Å². The second-order valence-corrected chi connectivity index (χ2v) is 6.03. The van der Waals surface area contributed by atoms with E-state index in [1.807, 2.05) is 0 Å². The van der Waals surface area contributed by atoms with Gasteiger partial charge in [0.15, 0.2) is 0 Å². The molecule has 22 heavy (non-hydrogen) atoms. The van der Waals surface area contributed by atoms with E-state index in [1.165, 1.54) is 0 Å². The molecule has 0 fully saturated rings. The second-order valence-electron chi connectivity index (χ2n) is 5.24. The van der Waals surface area contributed by atoms with Crippen molar-refractivity contribution < 1.29 is 9.32 Å². The van der Waals surface area contributed by atoms with Crippen molar-refractivity contribution in [3.63, 3.8) is 0 Å². The molecule has 3 aromatic rings. The van der Waals surface area contributed by atoms with Crippen LogP contribution in [0.4, 0.5) is 0 Å². The molecular formula is C15H11Cl2N3O2. The van der Waals surface area contributed by atoms with Gasteiger partial charge < -0.3 is 14.8 Å². The van der Waals surface area contributed by atoms with Crippen molar-refractivity contribution in [2.45, 2.75) is 12.8 Å². The maximum Gasteiger partial charge on any atom is 0.224 e. The number of amides is 1. The van der Waals surface area contributed by atoms with Gasteiger partial charge in [0.05, 0.1) is 28.2 Å². The molecular weight excluding hydrogens is 325 g/mol. The predicted molar refractivity (Wildman–Crippen MR) is 84.2 cm³/mol. The van der Waals surface area contributed by atoms with Gasteiger partial charge in [0.1, 0.15) is 6.26 Å². The fourth-order valence-electron chi connectivity index (χ4n) is 2.96. The number of H-pyrrole nitrogens is 1. The number of aromatic nitrogens is 2. The van der Waals surface area contributed by atoms with Crippen LogP contribution in [0.3, 0.4) is 0 Å². The number of nitrogens with zero attached hydrogens (tertiary/aromatic N) is 1. The number of benzene rings is 1. The Morgan fingerprint density at radius 3 is 2.95 bits per heavy atom. The largest absolute Gasteiger partial charge is 0.364 e. The van der Waals surface area contributed by atoms with Gasteiger partial charge >= 0.3 is 0 Å². The van der Waals surface area contributed by atoms with Gasteiger partial charge in [0, 0.05) is 29.6 Å². The average Bonchev–Trinajstić information content (AvgIpc) is 3.09. The van der Waals surface area contributed by atoms with Gasteiger partial charge in [-0.05, 0) is 17.2 Å². The van der Waals surface area contributed by atoms with Crippen molar-refractivity contribution in [3.8, 4) is 11.1 Å². The molecule has 2 N–H and O–H groups in total. The van der Waals surface area contributed by atoms with Gasteiger partial charge in [-0.3, -0.25) is 4.79 Å². The summed E-state index contributed by atoms with van der Waals surface area (Å²) < 4.78 is 4.94. The molecule has 0 aliphatic carbocycles. The molecule has 0 spiro atoms. The van der Waals surface area contributed by atoms with Gasteiger partial charge in [-0.1, -0.05) is 28.4 Å². The first kappa shape index (κ1) is 13.7. The van der Waals surface area contributed by atoms with E-state index < -0.39 is 0 Å². The van der Waals surface area contributed by atoms with Crippen LogP contribution in [0.15, 0.2) is 23.0 Å². The maximum absolute atomic E-state index is 11.9. The minimum atomic E-state index is 0.00184. The van der Waals surface area contributed by atoms with Gasteiger partial charge in [-0.2, -0.15) is 0 Å². The molecule has 7 heteroatoms. The molecule has 1 amide bonds. The van der Waals surface area contributed by atoms with Crippen LogP contribution in [0, 0.1) is 0 Å². The zero-order valence-corrected chi connectivity index (χ0v) is 12.9. The summed E-state index contributed by atoms with van der Waals surface area (Å²) in [5.74, 6) is 0.00184. The molecule has 2 aromatic heterocycles. The lowest BCUT2D eigenvalue weighted by Gasteiger charge is -2.07. The van der Waals surface area contributed by atoms with E-state index in [9.17, 15) is 4.79 Å². The number of nitrogens with one attached hydrogen (secondary N) is 2. The number of carbonyl (C=O) groups excluding carboxylic acids is 1. The van der Waals surface area contributed by atoms with Crippen LogP contribution in [0.1, 0.15) is 11.3 Å². The van der Waals surface area contributed by atoms with Gasteiger partial charge in [-0.25, -0.2) is 0 Å². The predicted octanol–water partition coefficient (Wildman–Crippen LogP) is 3.34. The number of aromatic amines is 1. The number of fused-ring (bicyclic) bond motifs is 3. The molecule has 5 nitrogen and oxygen atoms in total. The van der Waals surface area contributed by atoms with Gasteiger partial charge in [0.2, 0.25) is 5.91 Å². The SMILES string of the molecule is O=C1Cc2c([nH]c3c(Cl)c(Cl)cc(-c4cnoc4)c23)CCN1. The molecule has 1 aromatic carbocycles. The van der Waals surface area contributed by atoms with Crippen molar-refractivity contribution in [1.82, 2.24) is 15.5 Å². The minimum absolute atomic E-state index is 0.00184. The monoisotopic (exact) mass is 335 g/mol. The first-order chi connectivity index (χ1) is 10.6. The van der Waals surface area contributed by atoms with Crippen LogP contribution in [0.5, 0.6) is 0 Å². The lowest BCUT2D eigenvalue weighted by Crippen LogP contribution is -2.24. The lowest BCUT2D eigenvalue weighted by molar-refractivity contribution is -0.120. The number of halogens is 2. The Hall–Kier alpha value is -1.98. The molecule has 4 rings (SSSR count). The summed E-state index contributed by atoms with van der Waals surface area (Å²) in [4.78, 5) is 15.3. The standard InChI is InChI=1S/C15H11Cl2N3O2/c16-10-3-8(7-5-19-22-6-7)13-9-4-12(21)18-2-1-11(9)20-15(13)14(10)17/h3,5-6,20H,1-2,4H2,(H,18,21). The summed E-state index contributed by atoms with van der Waals surface area (Å²) in [6.07, 6.45) is 4.21. The Morgan fingerprint density at radius 2 is 2.18 bits per heavy atom. The summed E-state index contributed by atoms with van der Waals surface area (Å²) >= 11 is 12.6. The third-order valence-electron chi connectivity index (χ3n) is 3.94. The maximum atomic E-state index is 11.9. The van der Waals surface area contributed by atoms with Crippen LogP contribution in [0.2, 0.25) is 10.0 Å². The zero-order valence-electron chi connectivity index (χ0n) is 11.4. The first-order valence-electron chi connectivity index (χ1n) is 6.83. The number of carbonyl (C=O) groups is 1. The number of rotatable bonds is 1. The topological polar surface area (TPSA) is 70.9 Å². The fraction of sp³-hybridized carbons (Fsp3) is 0.200. The molecule has 0 saturated heterocycles. The Kier molecular flexibility index (Phi) is 3.13. The van der Waals surface area contributed by atoms with Crippen molar-refractivity contribution in [2.75, 3.05) is 6.54 Å². The summed E-state index contributed by atoms with van der Waals surface area (Å²) in [6.45, 7) is 0.604. The Bertz CT molecular complexity index is 884. The molecule has 1 aliphatic rings. The van der Waals surface area contributed by atoms with E-state index in [0.717, 1.165) is 39.7 Å². The van der Waals surface area contributed by atoms with Crippen LogP contribution >= 0.6 is 23.2 Å². The number of hydrogen-bond donors (Lipinski definition) is 2. The lowest BCUT2D eigenvalue weighted by atomic mass is 9.98. The highest BCUT2D eigenvalue weighted by Gasteiger charge is 2.23. The van der Waals surface area contributed by atoms with Crippen LogP contribution < -0.4 is 5.32 Å². The van der Waals surface area contributed by atoms with Gasteiger partial charge in [-0.15, -0.1) is 0 Å². The Balaban J connectivity index is 2.09. The van der Waals surface area contributed by atoms with Crippen molar-refractivity contribution in [1.29, 1.82) is 0 Å². The van der Waals surface area contributed by atoms with Crippen LogP contribution in [-0.2, 0) is 17.6 Å². The first-order valence-corrected chi connectivity index (χ1v) is 7.58. The molecule has 0 saturated carbocycles. The zero-order chi connectivity index (χ0) is 15.3. The van der Waals surface area contributed by atoms with Gasteiger partial charge in [0.25, 0.3) is 0 Å². The van der Waals surface area contributed by atoms with Crippen LogP contribution in [-0.4, -0.2) is 22.6 Å². The van der Waals surface area contributed by atoms with E-state index >= 15 is 0 Å². The highest BCUT2D eigenvalue weighted by molar-refractivity contribution is 6.45. The van der Waals surface area contributed by atoms with E-state index in [0.29, 0.717) is 23.0 Å². The molecule has 0 atom stereocenters. The average molecular weight is 336 g/mol. The Morgan fingerprint density at radius 1 is 1.32 bits per heavy atom. The van der Waals surface area contributed by atoms with E-state index in [2.05, 4.69) is 15.5 Å². The number of hydrogen-bond acceptors (Lipinski definition) is 3. The third kappa shape index (κ3) is 2.01. The quantitative estimate of drug-likeness (QED) is 0.716. The summed E-state index contributed by atoms with van der Waals surface area (Å²) in [6, 6.07) is 1.79. The molecule has 3 heterocycles. The normalized spacial score (nSPS) is 14.7. The molecule has 0 bridgehead atoms. The molecule has 1 aliphatic heterocycles. The van der Waals surface area contributed by atoms with E-state index in [-0.39, 0.29) is 5.91 Å². The highest BCUT2D eigenvalue weighted by atomic mass is 35.5. The second kappa shape index (κ2) is 5.04. The smallest absolute Gasteiger partial charge is 0.224 e. The van der Waals surface area contributed by atoms with E-state index in [4.69, 9.17) is 27.7 Å². The van der Waals surface area contributed by atoms with Crippen LogP contribution in [0.25, 0.3) is 22.0 Å². The summed E-state index contributed by atoms with van der Waals surface area (Å²) in [5.41, 5.74) is 4.38. The van der Waals surface area contributed by atoms with Crippen molar-refractivity contribution >= 4 is 40.0 Å². The highest BCUT2D eigenvalue weighted by Crippen LogP contribution is 2.41. The molecule has 0 unspecified atom stereocenters.